The van der Waals surface area contributed by atoms with E-state index in [1.54, 1.807) is 0 Å². The van der Waals surface area contributed by atoms with E-state index in [0.717, 1.165) is 26.3 Å². The van der Waals surface area contributed by atoms with Crippen molar-refractivity contribution in [3.05, 3.63) is 0 Å². The molecule has 0 aromatic carbocycles. The zero-order valence-corrected chi connectivity index (χ0v) is 14.0. The molecule has 118 valence electrons. The second-order valence-corrected chi connectivity index (χ2v) is 7.90. The third-order valence-corrected chi connectivity index (χ3v) is 5.01. The SMILES string of the molecule is CC(C)COCCN1CC2(CCCCC2)NCC1(C)C. The Morgan fingerprint density at radius 1 is 1.15 bits per heavy atom. The van der Waals surface area contributed by atoms with Gasteiger partial charge in [0.2, 0.25) is 0 Å². The van der Waals surface area contributed by atoms with Crippen molar-refractivity contribution in [2.75, 3.05) is 32.8 Å². The van der Waals surface area contributed by atoms with Gasteiger partial charge < -0.3 is 10.1 Å². The fourth-order valence-electron chi connectivity index (χ4n) is 3.59. The van der Waals surface area contributed by atoms with Gasteiger partial charge in [0, 0.05) is 37.3 Å². The zero-order valence-electron chi connectivity index (χ0n) is 14.0. The first kappa shape index (κ1) is 16.3. The van der Waals surface area contributed by atoms with Crippen LogP contribution in [0.25, 0.3) is 0 Å². The highest BCUT2D eigenvalue weighted by atomic mass is 16.5. The molecular weight excluding hydrogens is 248 g/mol. The molecule has 2 fully saturated rings. The third-order valence-electron chi connectivity index (χ3n) is 5.01. The molecule has 2 rings (SSSR count). The van der Waals surface area contributed by atoms with Crippen LogP contribution < -0.4 is 5.32 Å². The maximum absolute atomic E-state index is 5.80. The van der Waals surface area contributed by atoms with Crippen LogP contribution in [0.4, 0.5) is 0 Å². The summed E-state index contributed by atoms with van der Waals surface area (Å²) < 4.78 is 5.80. The minimum Gasteiger partial charge on any atom is -0.380 e. The molecule has 2 aliphatic rings. The van der Waals surface area contributed by atoms with Crippen LogP contribution in [-0.4, -0.2) is 48.8 Å². The quantitative estimate of drug-likeness (QED) is 0.784. The first-order chi connectivity index (χ1) is 9.44. The lowest BCUT2D eigenvalue weighted by atomic mass is 9.78. The highest BCUT2D eigenvalue weighted by Gasteiger charge is 2.42. The summed E-state index contributed by atoms with van der Waals surface area (Å²) in [6.45, 7) is 14.3. The van der Waals surface area contributed by atoms with E-state index in [2.05, 4.69) is 37.9 Å². The lowest BCUT2D eigenvalue weighted by Crippen LogP contribution is -2.68. The van der Waals surface area contributed by atoms with Gasteiger partial charge in [-0.25, -0.2) is 0 Å². The van der Waals surface area contributed by atoms with E-state index >= 15 is 0 Å². The van der Waals surface area contributed by atoms with Crippen LogP contribution in [0.1, 0.15) is 59.8 Å². The number of nitrogens with zero attached hydrogens (tertiary/aromatic N) is 1. The van der Waals surface area contributed by atoms with E-state index in [0.29, 0.717) is 11.5 Å². The summed E-state index contributed by atoms with van der Waals surface area (Å²) in [7, 11) is 0. The van der Waals surface area contributed by atoms with Crippen molar-refractivity contribution in [3.8, 4) is 0 Å². The van der Waals surface area contributed by atoms with E-state index in [1.165, 1.54) is 38.6 Å². The van der Waals surface area contributed by atoms with E-state index < -0.39 is 0 Å². The summed E-state index contributed by atoms with van der Waals surface area (Å²) in [5, 5.41) is 3.88. The lowest BCUT2D eigenvalue weighted by molar-refractivity contribution is -0.0119. The molecule has 0 aromatic rings. The Hall–Kier alpha value is -0.120. The van der Waals surface area contributed by atoms with Gasteiger partial charge in [-0.05, 0) is 32.6 Å². The monoisotopic (exact) mass is 282 g/mol. The van der Waals surface area contributed by atoms with Gasteiger partial charge >= 0.3 is 0 Å². The molecule has 0 amide bonds. The van der Waals surface area contributed by atoms with Gasteiger partial charge in [-0.2, -0.15) is 0 Å². The maximum atomic E-state index is 5.80. The Labute approximate surface area is 125 Å². The first-order valence-electron chi connectivity index (χ1n) is 8.51. The van der Waals surface area contributed by atoms with Crippen molar-refractivity contribution in [2.24, 2.45) is 5.92 Å². The highest BCUT2D eigenvalue weighted by Crippen LogP contribution is 2.34. The summed E-state index contributed by atoms with van der Waals surface area (Å²) in [5.74, 6) is 0.635. The van der Waals surface area contributed by atoms with Gasteiger partial charge in [0.05, 0.1) is 6.61 Å². The average Bonchev–Trinajstić information content (AvgIpc) is 2.40. The first-order valence-corrected chi connectivity index (χ1v) is 8.51. The zero-order chi connectivity index (χ0) is 14.6. The molecule has 1 saturated carbocycles. The van der Waals surface area contributed by atoms with Crippen LogP contribution in [0.15, 0.2) is 0 Å². The number of piperazine rings is 1. The van der Waals surface area contributed by atoms with E-state index in [-0.39, 0.29) is 5.54 Å². The molecule has 3 nitrogen and oxygen atoms in total. The molecule has 0 radical (unpaired) electrons. The predicted octanol–water partition coefficient (Wildman–Crippen LogP) is 3.05. The number of hydrogen-bond donors (Lipinski definition) is 1. The van der Waals surface area contributed by atoms with Crippen LogP contribution in [0.5, 0.6) is 0 Å². The molecule has 0 unspecified atom stereocenters. The smallest absolute Gasteiger partial charge is 0.0593 e. The van der Waals surface area contributed by atoms with Crippen molar-refractivity contribution >= 4 is 0 Å². The van der Waals surface area contributed by atoms with E-state index in [9.17, 15) is 0 Å². The molecule has 3 heteroatoms. The summed E-state index contributed by atoms with van der Waals surface area (Å²) in [6, 6.07) is 0. The van der Waals surface area contributed by atoms with E-state index in [4.69, 9.17) is 4.74 Å². The minimum atomic E-state index is 0.254. The Kier molecular flexibility index (Phi) is 5.49. The van der Waals surface area contributed by atoms with Crippen molar-refractivity contribution in [1.29, 1.82) is 0 Å². The van der Waals surface area contributed by atoms with Crippen LogP contribution in [0.3, 0.4) is 0 Å². The van der Waals surface area contributed by atoms with Crippen molar-refractivity contribution in [2.45, 2.75) is 70.9 Å². The second-order valence-electron chi connectivity index (χ2n) is 7.90. The fraction of sp³-hybridized carbons (Fsp3) is 1.00. The fourth-order valence-corrected chi connectivity index (χ4v) is 3.59. The molecule has 1 aliphatic carbocycles. The Bertz CT molecular complexity index is 295. The third kappa shape index (κ3) is 4.19. The lowest BCUT2D eigenvalue weighted by Gasteiger charge is -2.53. The molecular formula is C17H34N2O. The van der Waals surface area contributed by atoms with Crippen molar-refractivity contribution in [1.82, 2.24) is 10.2 Å². The van der Waals surface area contributed by atoms with E-state index in [1.807, 2.05) is 0 Å². The molecule has 1 N–H and O–H groups in total. The number of ether oxygens (including phenoxy) is 1. The summed E-state index contributed by atoms with van der Waals surface area (Å²) in [5.41, 5.74) is 0.649. The molecule has 1 heterocycles. The van der Waals surface area contributed by atoms with Crippen LogP contribution in [0, 0.1) is 5.92 Å². The van der Waals surface area contributed by atoms with Crippen molar-refractivity contribution < 1.29 is 4.74 Å². The highest BCUT2D eigenvalue weighted by molar-refractivity contribution is 5.02. The Balaban J connectivity index is 1.86. The largest absolute Gasteiger partial charge is 0.380 e. The predicted molar refractivity (Wildman–Crippen MR) is 85.1 cm³/mol. The van der Waals surface area contributed by atoms with Crippen LogP contribution in [0.2, 0.25) is 0 Å². The topological polar surface area (TPSA) is 24.5 Å². The summed E-state index contributed by atoms with van der Waals surface area (Å²) in [4.78, 5) is 2.66. The molecule has 1 aliphatic heterocycles. The van der Waals surface area contributed by atoms with Crippen molar-refractivity contribution in [3.63, 3.8) is 0 Å². The summed E-state index contributed by atoms with van der Waals surface area (Å²) in [6.07, 6.45) is 6.92. The molecule has 1 saturated heterocycles. The summed E-state index contributed by atoms with van der Waals surface area (Å²) >= 11 is 0. The molecule has 0 bridgehead atoms. The normalized spacial score (nSPS) is 26.2. The maximum Gasteiger partial charge on any atom is 0.0593 e. The number of hydrogen-bond acceptors (Lipinski definition) is 3. The molecule has 0 atom stereocenters. The Morgan fingerprint density at radius 2 is 1.85 bits per heavy atom. The second kappa shape index (κ2) is 6.76. The van der Waals surface area contributed by atoms with Crippen LogP contribution in [-0.2, 0) is 4.74 Å². The standard InChI is InChI=1S/C17H34N2O/c1-15(2)12-20-11-10-19-14-17(8-6-5-7-9-17)18-13-16(19,3)4/h15,18H,5-14H2,1-4H3. The van der Waals surface area contributed by atoms with Gasteiger partial charge in [0.25, 0.3) is 0 Å². The number of rotatable bonds is 5. The number of nitrogens with one attached hydrogen (secondary N) is 1. The minimum absolute atomic E-state index is 0.254. The average molecular weight is 282 g/mol. The van der Waals surface area contributed by atoms with Gasteiger partial charge in [0.1, 0.15) is 0 Å². The van der Waals surface area contributed by atoms with Gasteiger partial charge in [0.15, 0.2) is 0 Å². The molecule has 0 aromatic heterocycles. The molecule has 20 heavy (non-hydrogen) atoms. The van der Waals surface area contributed by atoms with Gasteiger partial charge in [-0.3, -0.25) is 4.90 Å². The van der Waals surface area contributed by atoms with Gasteiger partial charge in [-0.15, -0.1) is 0 Å². The Morgan fingerprint density at radius 3 is 2.50 bits per heavy atom. The van der Waals surface area contributed by atoms with Gasteiger partial charge in [-0.1, -0.05) is 33.1 Å². The molecule has 1 spiro atoms. The van der Waals surface area contributed by atoms with Crippen LogP contribution >= 0.6 is 0 Å².